The van der Waals surface area contributed by atoms with Crippen LogP contribution in [0.1, 0.15) is 24.3 Å². The van der Waals surface area contributed by atoms with Gasteiger partial charge in [-0.2, -0.15) is 0 Å². The number of hydrogen-bond donors (Lipinski definition) is 1. The number of likely N-dealkylation sites (tertiary alicyclic amines) is 1. The summed E-state index contributed by atoms with van der Waals surface area (Å²) in [5.41, 5.74) is 0.970. The second kappa shape index (κ2) is 6.68. The summed E-state index contributed by atoms with van der Waals surface area (Å²) in [6, 6.07) is 9.87. The van der Waals surface area contributed by atoms with Crippen molar-refractivity contribution >= 4 is 5.97 Å². The molecule has 1 heterocycles. The summed E-state index contributed by atoms with van der Waals surface area (Å²) in [6.45, 7) is 1.70. The maximum atomic E-state index is 12.0. The van der Waals surface area contributed by atoms with Gasteiger partial charge < -0.3 is 9.84 Å². The smallest absolute Gasteiger partial charge is 0.314 e. The summed E-state index contributed by atoms with van der Waals surface area (Å²) in [4.78, 5) is 14.2. The average molecular weight is 263 g/mol. The van der Waals surface area contributed by atoms with E-state index >= 15 is 0 Å². The number of benzene rings is 1. The summed E-state index contributed by atoms with van der Waals surface area (Å²) in [7, 11) is 1.42. The first-order valence-corrected chi connectivity index (χ1v) is 6.74. The van der Waals surface area contributed by atoms with Gasteiger partial charge in [-0.25, -0.2) is 0 Å². The second-order valence-electron chi connectivity index (χ2n) is 4.96. The van der Waals surface area contributed by atoms with Gasteiger partial charge in [0.2, 0.25) is 0 Å². The molecule has 0 spiro atoms. The van der Waals surface area contributed by atoms with Crippen LogP contribution in [0.5, 0.6) is 0 Å². The third-order valence-electron chi connectivity index (χ3n) is 3.81. The first-order valence-electron chi connectivity index (χ1n) is 6.74. The molecule has 4 nitrogen and oxygen atoms in total. The van der Waals surface area contributed by atoms with Crippen LogP contribution in [-0.2, 0) is 9.53 Å². The molecule has 1 N–H and O–H groups in total. The number of carbonyl (C=O) groups is 1. The van der Waals surface area contributed by atoms with E-state index in [1.165, 1.54) is 7.11 Å². The zero-order valence-electron chi connectivity index (χ0n) is 11.3. The van der Waals surface area contributed by atoms with Gasteiger partial charge in [-0.05, 0) is 24.9 Å². The van der Waals surface area contributed by atoms with E-state index in [0.717, 1.165) is 24.9 Å². The fourth-order valence-electron chi connectivity index (χ4n) is 2.72. The van der Waals surface area contributed by atoms with E-state index in [0.29, 0.717) is 6.54 Å². The van der Waals surface area contributed by atoms with Crippen molar-refractivity contribution in [1.82, 2.24) is 4.90 Å². The van der Waals surface area contributed by atoms with E-state index in [9.17, 15) is 9.90 Å². The second-order valence-corrected chi connectivity index (χ2v) is 4.96. The van der Waals surface area contributed by atoms with Crippen molar-refractivity contribution in [3.63, 3.8) is 0 Å². The summed E-state index contributed by atoms with van der Waals surface area (Å²) < 4.78 is 4.92. The van der Waals surface area contributed by atoms with Crippen LogP contribution in [0.3, 0.4) is 0 Å². The lowest BCUT2D eigenvalue weighted by atomic mass is 9.98. The quantitative estimate of drug-likeness (QED) is 0.816. The molecular weight excluding hydrogens is 242 g/mol. The predicted molar refractivity (Wildman–Crippen MR) is 72.9 cm³/mol. The molecule has 104 valence electrons. The highest BCUT2D eigenvalue weighted by Gasteiger charge is 2.30. The van der Waals surface area contributed by atoms with Crippen LogP contribution in [0.15, 0.2) is 30.3 Å². The fourth-order valence-corrected chi connectivity index (χ4v) is 2.72. The van der Waals surface area contributed by atoms with Gasteiger partial charge in [0.25, 0.3) is 0 Å². The number of rotatable bonds is 5. The van der Waals surface area contributed by atoms with Gasteiger partial charge in [-0.1, -0.05) is 30.3 Å². The van der Waals surface area contributed by atoms with Crippen LogP contribution >= 0.6 is 0 Å². The molecule has 0 aliphatic carbocycles. The molecule has 2 atom stereocenters. The van der Waals surface area contributed by atoms with Crippen molar-refractivity contribution in [3.8, 4) is 0 Å². The molecule has 0 saturated carbocycles. The number of carbonyl (C=O) groups excluding carboxylic acids is 1. The van der Waals surface area contributed by atoms with Gasteiger partial charge in [-0.3, -0.25) is 9.69 Å². The number of nitrogens with zero attached hydrogens (tertiary/aromatic N) is 1. The van der Waals surface area contributed by atoms with Crippen LogP contribution < -0.4 is 0 Å². The summed E-state index contributed by atoms with van der Waals surface area (Å²) in [5, 5.41) is 9.36. The van der Waals surface area contributed by atoms with E-state index < -0.39 is 0 Å². The molecule has 1 saturated heterocycles. The Bertz CT molecular complexity index is 407. The number of methoxy groups -OCH3 is 1. The van der Waals surface area contributed by atoms with Crippen molar-refractivity contribution in [1.29, 1.82) is 0 Å². The largest absolute Gasteiger partial charge is 0.469 e. The van der Waals surface area contributed by atoms with Crippen molar-refractivity contribution < 1.29 is 14.6 Å². The van der Waals surface area contributed by atoms with Crippen LogP contribution in [0.4, 0.5) is 0 Å². The highest BCUT2D eigenvalue weighted by Crippen LogP contribution is 2.24. The summed E-state index contributed by atoms with van der Waals surface area (Å²) in [6.07, 6.45) is 2.08. The lowest BCUT2D eigenvalue weighted by Gasteiger charge is -2.26. The molecule has 0 radical (unpaired) electrons. The minimum absolute atomic E-state index is 0.155. The zero-order valence-corrected chi connectivity index (χ0v) is 11.3. The third kappa shape index (κ3) is 3.33. The fraction of sp³-hybridized carbons (Fsp3) is 0.533. The van der Waals surface area contributed by atoms with E-state index in [1.54, 1.807) is 0 Å². The van der Waals surface area contributed by atoms with Gasteiger partial charge in [0.15, 0.2) is 0 Å². The molecule has 1 fully saturated rings. The third-order valence-corrected chi connectivity index (χ3v) is 3.81. The molecule has 0 amide bonds. The number of aliphatic hydroxyl groups is 1. The average Bonchev–Trinajstić information content (AvgIpc) is 2.92. The standard InChI is InChI=1S/C15H21NO3/c1-19-15(18)14(12-6-3-2-4-7-12)10-16-9-5-8-13(16)11-17/h2-4,6-7,13-14,17H,5,8-11H2,1H3. The monoisotopic (exact) mass is 263 g/mol. The topological polar surface area (TPSA) is 49.8 Å². The van der Waals surface area contributed by atoms with Crippen molar-refractivity contribution in [2.45, 2.75) is 24.8 Å². The Hall–Kier alpha value is -1.39. The van der Waals surface area contributed by atoms with E-state index in [4.69, 9.17) is 4.74 Å². The number of esters is 1. The highest BCUT2D eigenvalue weighted by molar-refractivity contribution is 5.78. The summed E-state index contributed by atoms with van der Waals surface area (Å²) >= 11 is 0. The van der Waals surface area contributed by atoms with Crippen LogP contribution in [0, 0.1) is 0 Å². The van der Waals surface area contributed by atoms with E-state index in [1.807, 2.05) is 30.3 Å². The molecular formula is C15H21NO3. The van der Waals surface area contributed by atoms with Gasteiger partial charge in [0.05, 0.1) is 19.6 Å². The number of ether oxygens (including phenoxy) is 1. The van der Waals surface area contributed by atoms with Crippen molar-refractivity contribution in [3.05, 3.63) is 35.9 Å². The molecule has 2 rings (SSSR count). The minimum atomic E-state index is -0.279. The van der Waals surface area contributed by atoms with Gasteiger partial charge in [-0.15, -0.1) is 0 Å². The zero-order chi connectivity index (χ0) is 13.7. The molecule has 0 aromatic heterocycles. The Morgan fingerprint density at radius 2 is 2.21 bits per heavy atom. The molecule has 1 aliphatic rings. The molecule has 1 aliphatic heterocycles. The minimum Gasteiger partial charge on any atom is -0.469 e. The Kier molecular flexibility index (Phi) is 4.93. The first-order chi connectivity index (χ1) is 9.26. The van der Waals surface area contributed by atoms with E-state index in [2.05, 4.69) is 4.90 Å². The maximum absolute atomic E-state index is 12.0. The number of aliphatic hydroxyl groups excluding tert-OH is 1. The van der Waals surface area contributed by atoms with Crippen LogP contribution in [-0.4, -0.2) is 48.8 Å². The lowest BCUT2D eigenvalue weighted by molar-refractivity contribution is -0.143. The Morgan fingerprint density at radius 3 is 2.84 bits per heavy atom. The van der Waals surface area contributed by atoms with Crippen molar-refractivity contribution in [2.75, 3.05) is 26.8 Å². The Morgan fingerprint density at radius 1 is 1.47 bits per heavy atom. The lowest BCUT2D eigenvalue weighted by Crippen LogP contribution is -2.37. The van der Waals surface area contributed by atoms with Gasteiger partial charge in [0, 0.05) is 12.6 Å². The molecule has 19 heavy (non-hydrogen) atoms. The Balaban J connectivity index is 2.13. The predicted octanol–water partition coefficient (Wildman–Crippen LogP) is 1.40. The Labute approximate surface area is 114 Å². The summed E-state index contributed by atoms with van der Waals surface area (Å²) in [5.74, 6) is -0.492. The number of hydrogen-bond acceptors (Lipinski definition) is 4. The molecule has 1 aromatic rings. The molecule has 0 bridgehead atoms. The first kappa shape index (κ1) is 14.0. The SMILES string of the molecule is COC(=O)C(CN1CCCC1CO)c1ccccc1. The van der Waals surface area contributed by atoms with Gasteiger partial charge in [0.1, 0.15) is 0 Å². The van der Waals surface area contributed by atoms with E-state index in [-0.39, 0.29) is 24.5 Å². The molecule has 1 aromatic carbocycles. The normalized spacial score (nSPS) is 21.3. The molecule has 2 unspecified atom stereocenters. The van der Waals surface area contributed by atoms with Gasteiger partial charge >= 0.3 is 5.97 Å². The highest BCUT2D eigenvalue weighted by atomic mass is 16.5. The van der Waals surface area contributed by atoms with Crippen LogP contribution in [0.2, 0.25) is 0 Å². The van der Waals surface area contributed by atoms with Crippen LogP contribution in [0.25, 0.3) is 0 Å². The molecule has 4 heteroatoms. The van der Waals surface area contributed by atoms with Crippen molar-refractivity contribution in [2.24, 2.45) is 0 Å². The maximum Gasteiger partial charge on any atom is 0.314 e.